The number of thiazole rings is 1. The monoisotopic (exact) mass is 408 g/mol. The van der Waals surface area contributed by atoms with E-state index in [1.54, 1.807) is 37.1 Å². The molecule has 0 bridgehead atoms. The first-order valence-electron chi connectivity index (χ1n) is 9.52. The summed E-state index contributed by atoms with van der Waals surface area (Å²) >= 11 is 1.66. The second kappa shape index (κ2) is 9.17. The van der Waals surface area contributed by atoms with Gasteiger partial charge in [0.25, 0.3) is 0 Å². The number of likely N-dealkylation sites (N-methyl/N-ethyl adjacent to an activating group) is 1. The van der Waals surface area contributed by atoms with E-state index in [9.17, 15) is 0 Å². The SMILES string of the molecule is COCCN(C)CC1C=CC=CN1c1nc(-c2ccco2)c(-c2ccncc2)s1. The molecule has 0 aliphatic carbocycles. The van der Waals surface area contributed by atoms with Gasteiger partial charge in [-0.05, 0) is 43.0 Å². The molecule has 150 valence electrons. The van der Waals surface area contributed by atoms with Crippen molar-refractivity contribution in [1.82, 2.24) is 14.9 Å². The zero-order valence-corrected chi connectivity index (χ0v) is 17.4. The minimum absolute atomic E-state index is 0.197. The average molecular weight is 409 g/mol. The second-order valence-corrected chi connectivity index (χ2v) is 7.82. The van der Waals surface area contributed by atoms with Crippen LogP contribution in [0.4, 0.5) is 5.13 Å². The molecule has 4 rings (SSSR count). The van der Waals surface area contributed by atoms with Gasteiger partial charge in [0.15, 0.2) is 10.9 Å². The van der Waals surface area contributed by atoms with Gasteiger partial charge in [-0.1, -0.05) is 23.5 Å². The van der Waals surface area contributed by atoms with Gasteiger partial charge in [-0.2, -0.15) is 0 Å². The molecular formula is C22H24N4O2S. The Balaban J connectivity index is 1.67. The molecule has 0 saturated carbocycles. The lowest BCUT2D eigenvalue weighted by Crippen LogP contribution is -2.41. The fraction of sp³-hybridized carbons (Fsp3) is 0.273. The smallest absolute Gasteiger partial charge is 0.191 e. The summed E-state index contributed by atoms with van der Waals surface area (Å²) in [5.74, 6) is 0.768. The Morgan fingerprint density at radius 3 is 2.86 bits per heavy atom. The summed E-state index contributed by atoms with van der Waals surface area (Å²) in [5, 5.41) is 0.939. The summed E-state index contributed by atoms with van der Waals surface area (Å²) in [6, 6.07) is 8.05. The van der Waals surface area contributed by atoms with Crippen molar-refractivity contribution in [2.75, 3.05) is 38.8 Å². The largest absolute Gasteiger partial charge is 0.463 e. The maximum Gasteiger partial charge on any atom is 0.191 e. The molecule has 3 aromatic heterocycles. The Labute approximate surface area is 174 Å². The van der Waals surface area contributed by atoms with Crippen molar-refractivity contribution in [1.29, 1.82) is 0 Å². The third-order valence-corrected chi connectivity index (χ3v) is 5.88. The maximum absolute atomic E-state index is 5.67. The molecular weight excluding hydrogens is 384 g/mol. The Morgan fingerprint density at radius 1 is 1.24 bits per heavy atom. The van der Waals surface area contributed by atoms with Crippen LogP contribution in [-0.2, 0) is 4.74 Å². The summed E-state index contributed by atoms with van der Waals surface area (Å²) < 4.78 is 10.9. The highest BCUT2D eigenvalue weighted by molar-refractivity contribution is 7.19. The van der Waals surface area contributed by atoms with Crippen LogP contribution in [0.15, 0.2) is 71.8 Å². The van der Waals surface area contributed by atoms with E-state index in [0.717, 1.165) is 46.7 Å². The number of allylic oxidation sites excluding steroid dienone is 2. The van der Waals surface area contributed by atoms with Gasteiger partial charge >= 0.3 is 0 Å². The fourth-order valence-corrected chi connectivity index (χ4v) is 4.37. The number of hydrogen-bond donors (Lipinski definition) is 0. The minimum atomic E-state index is 0.197. The minimum Gasteiger partial charge on any atom is -0.463 e. The standard InChI is InChI=1S/C22H24N4O2S/c1-25(13-15-27-2)16-18-6-3-4-12-26(18)22-24-20(19-7-5-14-28-19)21(29-22)17-8-10-23-11-9-17/h3-12,14,18H,13,15-16H2,1-2H3. The number of furan rings is 1. The third kappa shape index (κ3) is 4.48. The molecule has 0 aromatic carbocycles. The number of pyridine rings is 1. The maximum atomic E-state index is 5.67. The molecule has 0 fully saturated rings. The number of rotatable bonds is 8. The van der Waals surface area contributed by atoms with Gasteiger partial charge in [0.05, 0.1) is 23.8 Å². The quantitative estimate of drug-likeness (QED) is 0.554. The molecule has 29 heavy (non-hydrogen) atoms. The van der Waals surface area contributed by atoms with Gasteiger partial charge in [-0.25, -0.2) is 4.98 Å². The number of anilines is 1. The van der Waals surface area contributed by atoms with Crippen LogP contribution in [0.3, 0.4) is 0 Å². The van der Waals surface area contributed by atoms with Crippen molar-refractivity contribution < 1.29 is 9.15 Å². The molecule has 7 heteroatoms. The van der Waals surface area contributed by atoms with E-state index < -0.39 is 0 Å². The van der Waals surface area contributed by atoms with Crippen LogP contribution >= 0.6 is 11.3 Å². The lowest BCUT2D eigenvalue weighted by molar-refractivity contribution is 0.160. The Kier molecular flexibility index (Phi) is 6.19. The van der Waals surface area contributed by atoms with E-state index in [1.165, 1.54) is 0 Å². The highest BCUT2D eigenvalue weighted by atomic mass is 32.1. The molecule has 0 amide bonds. The molecule has 0 radical (unpaired) electrons. The van der Waals surface area contributed by atoms with Gasteiger partial charge in [0.2, 0.25) is 0 Å². The fourth-order valence-electron chi connectivity index (χ4n) is 3.25. The summed E-state index contributed by atoms with van der Waals surface area (Å²) in [4.78, 5) is 14.7. The second-order valence-electron chi connectivity index (χ2n) is 6.84. The number of aromatic nitrogens is 2. The highest BCUT2D eigenvalue weighted by Crippen LogP contribution is 2.41. The van der Waals surface area contributed by atoms with Crippen molar-refractivity contribution in [3.05, 3.63) is 67.4 Å². The molecule has 4 heterocycles. The summed E-state index contributed by atoms with van der Waals surface area (Å²) in [5.41, 5.74) is 1.94. The molecule has 1 atom stereocenters. The van der Waals surface area contributed by atoms with Crippen molar-refractivity contribution in [2.45, 2.75) is 6.04 Å². The van der Waals surface area contributed by atoms with Gasteiger partial charge < -0.3 is 19.0 Å². The van der Waals surface area contributed by atoms with Crippen LogP contribution in [0.2, 0.25) is 0 Å². The molecule has 0 spiro atoms. The summed E-state index contributed by atoms with van der Waals surface area (Å²) in [7, 11) is 3.84. The summed E-state index contributed by atoms with van der Waals surface area (Å²) in [6.45, 7) is 2.48. The summed E-state index contributed by atoms with van der Waals surface area (Å²) in [6.07, 6.45) is 13.7. The van der Waals surface area contributed by atoms with Crippen LogP contribution in [-0.4, -0.2) is 54.8 Å². The third-order valence-electron chi connectivity index (χ3n) is 4.76. The van der Waals surface area contributed by atoms with Gasteiger partial charge in [-0.15, -0.1) is 0 Å². The van der Waals surface area contributed by atoms with E-state index in [2.05, 4.69) is 40.2 Å². The van der Waals surface area contributed by atoms with Crippen molar-refractivity contribution >= 4 is 16.5 Å². The van der Waals surface area contributed by atoms with Crippen LogP contribution in [0.25, 0.3) is 21.9 Å². The zero-order valence-electron chi connectivity index (χ0n) is 16.6. The molecule has 1 aliphatic rings. The molecule has 1 aliphatic heterocycles. The van der Waals surface area contributed by atoms with E-state index >= 15 is 0 Å². The first kappa shape index (κ1) is 19.6. The lowest BCUT2D eigenvalue weighted by Gasteiger charge is -2.31. The predicted molar refractivity (Wildman–Crippen MR) is 117 cm³/mol. The molecule has 1 unspecified atom stereocenters. The van der Waals surface area contributed by atoms with Gasteiger partial charge in [0.1, 0.15) is 5.69 Å². The number of nitrogens with zero attached hydrogens (tertiary/aromatic N) is 4. The van der Waals surface area contributed by atoms with E-state index in [-0.39, 0.29) is 6.04 Å². The Morgan fingerprint density at radius 2 is 2.10 bits per heavy atom. The first-order valence-corrected chi connectivity index (χ1v) is 10.3. The molecule has 0 N–H and O–H groups in total. The van der Waals surface area contributed by atoms with Gasteiger partial charge in [-0.3, -0.25) is 4.98 Å². The van der Waals surface area contributed by atoms with Crippen molar-refractivity contribution in [2.24, 2.45) is 0 Å². The van der Waals surface area contributed by atoms with E-state index in [0.29, 0.717) is 0 Å². The molecule has 6 nitrogen and oxygen atoms in total. The van der Waals surface area contributed by atoms with Crippen LogP contribution in [0.5, 0.6) is 0 Å². The molecule has 3 aromatic rings. The Bertz CT molecular complexity index is 966. The lowest BCUT2D eigenvalue weighted by atomic mass is 10.1. The topological polar surface area (TPSA) is 54.6 Å². The average Bonchev–Trinajstić information content (AvgIpc) is 3.43. The van der Waals surface area contributed by atoms with E-state index in [4.69, 9.17) is 14.1 Å². The van der Waals surface area contributed by atoms with E-state index in [1.807, 2.05) is 30.3 Å². The van der Waals surface area contributed by atoms with Crippen molar-refractivity contribution in [3.63, 3.8) is 0 Å². The highest BCUT2D eigenvalue weighted by Gasteiger charge is 2.24. The van der Waals surface area contributed by atoms with Crippen LogP contribution in [0, 0.1) is 0 Å². The first-order chi connectivity index (χ1) is 14.3. The molecule has 0 saturated heterocycles. The van der Waals surface area contributed by atoms with Crippen molar-refractivity contribution in [3.8, 4) is 21.9 Å². The zero-order chi connectivity index (χ0) is 20.1. The number of hydrogen-bond acceptors (Lipinski definition) is 7. The number of ether oxygens (including phenoxy) is 1. The predicted octanol–water partition coefficient (Wildman–Crippen LogP) is 4.30. The van der Waals surface area contributed by atoms with Crippen LogP contribution < -0.4 is 4.90 Å². The van der Waals surface area contributed by atoms with Crippen LogP contribution in [0.1, 0.15) is 0 Å². The number of methoxy groups -OCH3 is 1. The van der Waals surface area contributed by atoms with Gasteiger partial charge in [0, 0.05) is 38.8 Å². The normalized spacial score (nSPS) is 16.1. The Hall–Kier alpha value is -2.74.